The lowest BCUT2D eigenvalue weighted by Crippen LogP contribution is -2.37. The van der Waals surface area contributed by atoms with Crippen molar-refractivity contribution in [2.24, 2.45) is 0 Å². The van der Waals surface area contributed by atoms with Gasteiger partial charge >= 0.3 is 0 Å². The Hall–Kier alpha value is -2.05. The summed E-state index contributed by atoms with van der Waals surface area (Å²) >= 11 is 6.06. The first-order chi connectivity index (χ1) is 11.9. The molecule has 2 aromatic carbocycles. The summed E-state index contributed by atoms with van der Waals surface area (Å²) in [4.78, 5) is 12.3. The number of nitrogens with zero attached hydrogens (tertiary/aromatic N) is 1. The largest absolute Gasteiger partial charge is 0.322 e. The van der Waals surface area contributed by atoms with E-state index in [1.54, 1.807) is 36.4 Å². The number of halogens is 1. The average Bonchev–Trinajstić information content (AvgIpc) is 2.58. The van der Waals surface area contributed by atoms with E-state index in [-0.39, 0.29) is 11.7 Å². The van der Waals surface area contributed by atoms with Crippen LogP contribution in [-0.4, -0.2) is 26.6 Å². The zero-order valence-corrected chi connectivity index (χ0v) is 15.4. The van der Waals surface area contributed by atoms with Crippen LogP contribution in [0.1, 0.15) is 28.8 Å². The van der Waals surface area contributed by atoms with Crippen LogP contribution < -0.4 is 9.62 Å². The van der Waals surface area contributed by atoms with Crippen molar-refractivity contribution in [1.29, 1.82) is 0 Å². The van der Waals surface area contributed by atoms with Crippen molar-refractivity contribution in [3.63, 3.8) is 0 Å². The maximum atomic E-state index is 12.3. The lowest BCUT2D eigenvalue weighted by Gasteiger charge is -2.28. The van der Waals surface area contributed by atoms with Gasteiger partial charge in [0.05, 0.1) is 11.4 Å². The highest BCUT2D eigenvalue weighted by Gasteiger charge is 2.25. The SMILES string of the molecule is Cc1ccc(NC(=O)c2ccc(N3CCCCS3(=O)=O)cc2)cc1Cl. The predicted molar refractivity (Wildman–Crippen MR) is 101 cm³/mol. The molecule has 2 aromatic rings. The quantitative estimate of drug-likeness (QED) is 0.882. The Balaban J connectivity index is 1.75. The van der Waals surface area contributed by atoms with E-state index in [1.165, 1.54) is 4.31 Å². The molecule has 0 unspecified atom stereocenters. The van der Waals surface area contributed by atoms with E-state index >= 15 is 0 Å². The summed E-state index contributed by atoms with van der Waals surface area (Å²) in [5, 5.41) is 3.37. The maximum absolute atomic E-state index is 12.3. The minimum atomic E-state index is -3.25. The number of hydrogen-bond acceptors (Lipinski definition) is 3. The van der Waals surface area contributed by atoms with Crippen molar-refractivity contribution in [3.05, 3.63) is 58.6 Å². The number of nitrogens with one attached hydrogen (secondary N) is 1. The molecule has 1 aliphatic rings. The number of carbonyl (C=O) groups excluding carboxylic acids is 1. The molecule has 1 fully saturated rings. The molecule has 25 heavy (non-hydrogen) atoms. The Labute approximate surface area is 152 Å². The number of amides is 1. The highest BCUT2D eigenvalue weighted by Crippen LogP contribution is 2.24. The van der Waals surface area contributed by atoms with E-state index in [1.807, 2.05) is 13.0 Å². The zero-order chi connectivity index (χ0) is 18.0. The molecular weight excluding hydrogens is 360 g/mol. The smallest absolute Gasteiger partial charge is 0.255 e. The number of anilines is 2. The molecule has 1 aliphatic heterocycles. The molecule has 1 N–H and O–H groups in total. The fourth-order valence-electron chi connectivity index (χ4n) is 2.73. The highest BCUT2D eigenvalue weighted by atomic mass is 35.5. The summed E-state index contributed by atoms with van der Waals surface area (Å²) in [6.45, 7) is 2.37. The van der Waals surface area contributed by atoms with Gasteiger partial charge in [0, 0.05) is 22.8 Å². The number of benzene rings is 2. The second kappa shape index (κ2) is 7.06. The fraction of sp³-hybridized carbons (Fsp3) is 0.278. The predicted octanol–water partition coefficient (Wildman–Crippen LogP) is 3.83. The van der Waals surface area contributed by atoms with Gasteiger partial charge in [-0.25, -0.2) is 8.42 Å². The van der Waals surface area contributed by atoms with Crippen LogP contribution in [-0.2, 0) is 10.0 Å². The van der Waals surface area contributed by atoms with Gasteiger partial charge in [0.1, 0.15) is 0 Å². The van der Waals surface area contributed by atoms with Crippen LogP contribution in [0.25, 0.3) is 0 Å². The molecular formula is C18H19ClN2O3S. The maximum Gasteiger partial charge on any atom is 0.255 e. The fourth-order valence-corrected chi connectivity index (χ4v) is 4.55. The molecule has 5 nitrogen and oxygen atoms in total. The van der Waals surface area contributed by atoms with Gasteiger partial charge in [-0.1, -0.05) is 17.7 Å². The van der Waals surface area contributed by atoms with Crippen molar-refractivity contribution in [2.45, 2.75) is 19.8 Å². The van der Waals surface area contributed by atoms with Crippen LogP contribution in [0.4, 0.5) is 11.4 Å². The van der Waals surface area contributed by atoms with Crippen LogP contribution in [0, 0.1) is 6.92 Å². The number of carbonyl (C=O) groups is 1. The van der Waals surface area contributed by atoms with Crippen molar-refractivity contribution in [2.75, 3.05) is 21.9 Å². The molecule has 1 heterocycles. The Kier molecular flexibility index (Phi) is 5.01. The van der Waals surface area contributed by atoms with Crippen LogP contribution in [0.5, 0.6) is 0 Å². The molecule has 0 aliphatic carbocycles. The Morgan fingerprint density at radius 2 is 1.84 bits per heavy atom. The monoisotopic (exact) mass is 378 g/mol. The first-order valence-corrected chi connectivity index (χ1v) is 10.0. The number of hydrogen-bond donors (Lipinski definition) is 1. The van der Waals surface area contributed by atoms with Gasteiger partial charge in [0.25, 0.3) is 5.91 Å². The second-order valence-electron chi connectivity index (χ2n) is 6.06. The lowest BCUT2D eigenvalue weighted by molar-refractivity contribution is 0.102. The summed E-state index contributed by atoms with van der Waals surface area (Å²) in [6, 6.07) is 11.9. The molecule has 0 spiro atoms. The number of rotatable bonds is 3. The molecule has 132 valence electrons. The topological polar surface area (TPSA) is 66.5 Å². The molecule has 0 aromatic heterocycles. The molecule has 7 heteroatoms. The first-order valence-electron chi connectivity index (χ1n) is 8.05. The highest BCUT2D eigenvalue weighted by molar-refractivity contribution is 7.92. The van der Waals surface area contributed by atoms with Crippen LogP contribution in [0.3, 0.4) is 0 Å². The minimum absolute atomic E-state index is 0.170. The Morgan fingerprint density at radius 3 is 2.48 bits per heavy atom. The third-order valence-corrected chi connectivity index (χ3v) is 6.47. The molecule has 1 amide bonds. The van der Waals surface area contributed by atoms with Gasteiger partial charge in [-0.15, -0.1) is 0 Å². The van der Waals surface area contributed by atoms with Gasteiger partial charge in [0.2, 0.25) is 10.0 Å². The molecule has 3 rings (SSSR count). The summed E-state index contributed by atoms with van der Waals surface area (Å²) in [5.41, 5.74) is 2.60. The van der Waals surface area contributed by atoms with Gasteiger partial charge in [-0.2, -0.15) is 0 Å². The van der Waals surface area contributed by atoms with Gasteiger partial charge in [0.15, 0.2) is 0 Å². The van der Waals surface area contributed by atoms with E-state index in [4.69, 9.17) is 11.6 Å². The van der Waals surface area contributed by atoms with Crippen molar-refractivity contribution in [1.82, 2.24) is 0 Å². The van der Waals surface area contributed by atoms with Crippen molar-refractivity contribution >= 4 is 38.9 Å². The average molecular weight is 379 g/mol. The Bertz CT molecular complexity index is 895. The standard InChI is InChI=1S/C18H19ClN2O3S/c1-13-4-7-15(12-17(13)19)20-18(22)14-5-8-16(9-6-14)21-10-2-3-11-25(21,23)24/h4-9,12H,2-3,10-11H2,1H3,(H,20,22). The summed E-state index contributed by atoms with van der Waals surface area (Å²) in [7, 11) is -3.25. The van der Waals surface area contributed by atoms with Crippen LogP contribution in [0.2, 0.25) is 5.02 Å². The van der Waals surface area contributed by atoms with E-state index in [9.17, 15) is 13.2 Å². The van der Waals surface area contributed by atoms with Crippen molar-refractivity contribution in [3.8, 4) is 0 Å². The van der Waals surface area contributed by atoms with E-state index < -0.39 is 10.0 Å². The minimum Gasteiger partial charge on any atom is -0.322 e. The molecule has 0 radical (unpaired) electrons. The molecule has 0 atom stereocenters. The van der Waals surface area contributed by atoms with Crippen LogP contribution >= 0.6 is 11.6 Å². The summed E-state index contributed by atoms with van der Waals surface area (Å²) < 4.78 is 25.7. The van der Waals surface area contributed by atoms with E-state index in [0.29, 0.717) is 34.9 Å². The molecule has 1 saturated heterocycles. The second-order valence-corrected chi connectivity index (χ2v) is 8.48. The summed E-state index contributed by atoms with van der Waals surface area (Å²) in [6.07, 6.45) is 1.54. The van der Waals surface area contributed by atoms with Crippen LogP contribution in [0.15, 0.2) is 42.5 Å². The van der Waals surface area contributed by atoms with Crippen molar-refractivity contribution < 1.29 is 13.2 Å². The first kappa shape index (κ1) is 17.8. The molecule has 0 bridgehead atoms. The zero-order valence-electron chi connectivity index (χ0n) is 13.8. The molecule has 0 saturated carbocycles. The van der Waals surface area contributed by atoms with Gasteiger partial charge in [-0.05, 0) is 61.7 Å². The van der Waals surface area contributed by atoms with E-state index in [2.05, 4.69) is 5.32 Å². The number of aryl methyl sites for hydroxylation is 1. The third-order valence-electron chi connectivity index (χ3n) is 4.20. The Morgan fingerprint density at radius 1 is 1.12 bits per heavy atom. The lowest BCUT2D eigenvalue weighted by atomic mass is 10.1. The van der Waals surface area contributed by atoms with Gasteiger partial charge in [-0.3, -0.25) is 9.10 Å². The number of sulfonamides is 1. The van der Waals surface area contributed by atoms with Gasteiger partial charge < -0.3 is 5.32 Å². The van der Waals surface area contributed by atoms with E-state index in [0.717, 1.165) is 12.0 Å². The normalized spacial score (nSPS) is 16.5. The third kappa shape index (κ3) is 3.96. The summed E-state index contributed by atoms with van der Waals surface area (Å²) in [5.74, 6) is -0.100.